The van der Waals surface area contributed by atoms with Crippen molar-refractivity contribution in [3.8, 4) is 5.75 Å². The highest BCUT2D eigenvalue weighted by Gasteiger charge is 2.26. The Morgan fingerprint density at radius 3 is 2.92 bits per heavy atom. The molecule has 38 heavy (non-hydrogen) atoms. The van der Waals surface area contributed by atoms with E-state index >= 15 is 0 Å². The van der Waals surface area contributed by atoms with Gasteiger partial charge in [-0.15, -0.1) is 0 Å². The number of carbonyl (C=O) groups is 2. The van der Waals surface area contributed by atoms with Gasteiger partial charge in [0.05, 0.1) is 22.8 Å². The van der Waals surface area contributed by atoms with Crippen LogP contribution < -0.4 is 15.4 Å². The Labute approximate surface area is 223 Å². The minimum atomic E-state index is -0.532. The van der Waals surface area contributed by atoms with Crippen LogP contribution in [0.4, 0.5) is 21.6 Å². The maximum atomic E-state index is 13.6. The second kappa shape index (κ2) is 12.6. The maximum absolute atomic E-state index is 13.6. The summed E-state index contributed by atoms with van der Waals surface area (Å²) in [4.78, 5) is 35.1. The van der Waals surface area contributed by atoms with Gasteiger partial charge >= 0.3 is 5.97 Å². The van der Waals surface area contributed by atoms with Crippen LogP contribution >= 0.6 is 11.6 Å². The van der Waals surface area contributed by atoms with Gasteiger partial charge in [-0.2, -0.15) is 0 Å². The van der Waals surface area contributed by atoms with Gasteiger partial charge in [0.15, 0.2) is 0 Å². The van der Waals surface area contributed by atoms with Crippen molar-refractivity contribution in [2.24, 2.45) is 0 Å². The molecule has 0 spiro atoms. The second-order valence-corrected chi connectivity index (χ2v) is 8.82. The molecule has 1 aliphatic heterocycles. The average Bonchev–Trinajstić information content (AvgIpc) is 2.89. The van der Waals surface area contributed by atoms with E-state index in [4.69, 9.17) is 25.8 Å². The highest BCUT2D eigenvalue weighted by Crippen LogP contribution is 2.34. The number of hydrogen-bond donors (Lipinski definition) is 2. The van der Waals surface area contributed by atoms with Crippen molar-refractivity contribution >= 4 is 51.6 Å². The molecule has 0 saturated carbocycles. The van der Waals surface area contributed by atoms with Gasteiger partial charge < -0.3 is 24.8 Å². The van der Waals surface area contributed by atoms with Crippen LogP contribution in [-0.4, -0.2) is 72.8 Å². The molecule has 1 fully saturated rings. The third kappa shape index (κ3) is 6.74. The number of nitrogens with one attached hydrogen (secondary N) is 2. The van der Waals surface area contributed by atoms with E-state index in [0.29, 0.717) is 60.1 Å². The number of ether oxygens (including phenoxy) is 3. The Morgan fingerprint density at radius 2 is 2.13 bits per heavy atom. The number of methoxy groups -OCH3 is 1. The van der Waals surface area contributed by atoms with Crippen molar-refractivity contribution in [3.05, 3.63) is 59.7 Å². The first-order valence-electron chi connectivity index (χ1n) is 11.9. The lowest BCUT2D eigenvalue weighted by atomic mass is 10.1. The van der Waals surface area contributed by atoms with Crippen LogP contribution in [0.2, 0.25) is 5.02 Å². The number of halogens is 2. The van der Waals surface area contributed by atoms with Gasteiger partial charge in [-0.1, -0.05) is 17.7 Å². The smallest absolute Gasteiger partial charge is 0.323 e. The molecule has 3 aromatic rings. The lowest BCUT2D eigenvalue weighted by molar-refractivity contribution is -0.155. The van der Waals surface area contributed by atoms with Crippen molar-refractivity contribution < 1.29 is 28.2 Å². The highest BCUT2D eigenvalue weighted by atomic mass is 35.5. The molecule has 10 nitrogen and oxygen atoms in total. The second-order valence-electron chi connectivity index (χ2n) is 8.41. The summed E-state index contributed by atoms with van der Waals surface area (Å²) in [5.74, 6) is -0.367. The number of anilines is 3. The molecule has 200 valence electrons. The van der Waals surface area contributed by atoms with Crippen molar-refractivity contribution in [2.75, 3.05) is 50.7 Å². The van der Waals surface area contributed by atoms with Gasteiger partial charge in [0, 0.05) is 43.4 Å². The van der Waals surface area contributed by atoms with Crippen LogP contribution in [0.25, 0.3) is 10.9 Å². The number of aromatic nitrogens is 2. The van der Waals surface area contributed by atoms with E-state index < -0.39 is 5.82 Å². The number of carbonyl (C=O) groups excluding carboxylic acids is 2. The molecule has 1 atom stereocenters. The number of cyclic esters (lactones) is 1. The fourth-order valence-corrected chi connectivity index (χ4v) is 3.97. The third-order valence-electron chi connectivity index (χ3n) is 5.84. The molecule has 2 aromatic carbocycles. The molecule has 2 N–H and O–H groups in total. The highest BCUT2D eigenvalue weighted by molar-refractivity contribution is 6.31. The number of amides is 1. The number of hydrogen-bond acceptors (Lipinski definition) is 9. The topological polar surface area (TPSA) is 115 Å². The third-order valence-corrected chi connectivity index (χ3v) is 6.13. The van der Waals surface area contributed by atoms with E-state index in [1.54, 1.807) is 32.2 Å². The minimum Gasteiger partial charge on any atom is -0.489 e. The largest absolute Gasteiger partial charge is 0.489 e. The van der Waals surface area contributed by atoms with E-state index in [9.17, 15) is 14.0 Å². The number of rotatable bonds is 10. The van der Waals surface area contributed by atoms with Gasteiger partial charge in [-0.05, 0) is 31.2 Å². The zero-order valence-electron chi connectivity index (χ0n) is 20.9. The van der Waals surface area contributed by atoms with Gasteiger partial charge in [0.1, 0.15) is 43.0 Å². The number of fused-ring (bicyclic) bond motifs is 1. The van der Waals surface area contributed by atoms with Gasteiger partial charge in [0.2, 0.25) is 5.91 Å². The van der Waals surface area contributed by atoms with Crippen molar-refractivity contribution in [1.29, 1.82) is 0 Å². The average molecular weight is 544 g/mol. The van der Waals surface area contributed by atoms with Gasteiger partial charge in [-0.25, -0.2) is 14.4 Å². The van der Waals surface area contributed by atoms with Crippen LogP contribution in [0.15, 0.2) is 48.8 Å². The van der Waals surface area contributed by atoms with E-state index in [2.05, 4.69) is 20.6 Å². The Kier molecular flexibility index (Phi) is 9.06. The normalized spacial score (nSPS) is 16.0. The summed E-state index contributed by atoms with van der Waals surface area (Å²) in [6.45, 7) is 3.71. The molecule has 1 amide bonds. The SMILES string of the molecule is COCCOc1cc2ncnc(Nc3ccc(F)c(Cl)c3)c2cc1NC(=O)C=CCN1CCOC(=O)[C@@H]1C. The summed E-state index contributed by atoms with van der Waals surface area (Å²) in [5.41, 5.74) is 1.48. The zero-order chi connectivity index (χ0) is 27.1. The van der Waals surface area contributed by atoms with Crippen LogP contribution in [0.5, 0.6) is 5.75 Å². The first-order chi connectivity index (χ1) is 18.4. The molecule has 4 rings (SSSR count). The summed E-state index contributed by atoms with van der Waals surface area (Å²) in [5, 5.41) is 6.51. The molecular formula is C26H27ClFN5O5. The van der Waals surface area contributed by atoms with Crippen LogP contribution in [-0.2, 0) is 19.1 Å². The molecule has 0 bridgehead atoms. The monoisotopic (exact) mass is 543 g/mol. The molecule has 0 aliphatic carbocycles. The molecule has 12 heteroatoms. The van der Waals surface area contributed by atoms with Gasteiger partial charge in [0.25, 0.3) is 0 Å². The number of esters is 1. The number of morpholine rings is 1. The molecule has 1 aromatic heterocycles. The summed E-state index contributed by atoms with van der Waals surface area (Å²) in [6.07, 6.45) is 4.47. The number of nitrogens with zero attached hydrogens (tertiary/aromatic N) is 3. The Hall–Kier alpha value is -3.80. The Balaban J connectivity index is 1.57. The maximum Gasteiger partial charge on any atom is 0.323 e. The molecule has 0 unspecified atom stereocenters. The lowest BCUT2D eigenvalue weighted by Crippen LogP contribution is -2.47. The molecule has 0 radical (unpaired) electrons. The summed E-state index contributed by atoms with van der Waals surface area (Å²) in [6, 6.07) is 7.24. The predicted molar refractivity (Wildman–Crippen MR) is 141 cm³/mol. The fraction of sp³-hybridized carbons (Fsp3) is 0.308. The standard InChI is InChI=1S/C26H27ClFN5O5/c1-16-26(35)38-9-8-33(16)7-3-4-24(34)32-22-13-18-21(14-23(22)37-11-10-36-2)29-15-30-25(18)31-17-5-6-20(28)19(27)12-17/h3-6,12-16H,7-11H2,1-2H3,(H,32,34)(H,29,30,31)/t16-/m0/s1. The Morgan fingerprint density at radius 1 is 1.29 bits per heavy atom. The Bertz CT molecular complexity index is 1360. The first-order valence-corrected chi connectivity index (χ1v) is 12.2. The van der Waals surface area contributed by atoms with Crippen LogP contribution in [0, 0.1) is 5.82 Å². The summed E-state index contributed by atoms with van der Waals surface area (Å²) in [7, 11) is 1.56. The van der Waals surface area contributed by atoms with E-state index in [0.717, 1.165) is 0 Å². The number of benzene rings is 2. The quantitative estimate of drug-likeness (QED) is 0.223. The molecular weight excluding hydrogens is 517 g/mol. The van der Waals surface area contributed by atoms with E-state index in [1.807, 2.05) is 4.90 Å². The van der Waals surface area contributed by atoms with Gasteiger partial charge in [-0.3, -0.25) is 14.5 Å². The molecule has 2 heterocycles. The van der Waals surface area contributed by atoms with Crippen LogP contribution in [0.3, 0.4) is 0 Å². The van der Waals surface area contributed by atoms with E-state index in [-0.39, 0.29) is 29.5 Å². The lowest BCUT2D eigenvalue weighted by Gasteiger charge is -2.30. The van der Waals surface area contributed by atoms with E-state index in [1.165, 1.54) is 30.6 Å². The first kappa shape index (κ1) is 27.2. The minimum absolute atomic E-state index is 0.0298. The molecule has 1 aliphatic rings. The fourth-order valence-electron chi connectivity index (χ4n) is 3.79. The summed E-state index contributed by atoms with van der Waals surface area (Å²) >= 11 is 5.91. The van der Waals surface area contributed by atoms with Crippen molar-refractivity contribution in [3.63, 3.8) is 0 Å². The zero-order valence-corrected chi connectivity index (χ0v) is 21.6. The molecule has 1 saturated heterocycles. The predicted octanol–water partition coefficient (Wildman–Crippen LogP) is 3.93. The summed E-state index contributed by atoms with van der Waals surface area (Å²) < 4.78 is 29.5. The van der Waals surface area contributed by atoms with Crippen molar-refractivity contribution in [1.82, 2.24) is 14.9 Å². The van der Waals surface area contributed by atoms with Crippen LogP contribution in [0.1, 0.15) is 6.92 Å². The van der Waals surface area contributed by atoms with Crippen molar-refractivity contribution in [2.45, 2.75) is 13.0 Å².